The number of nitrogens with one attached hydrogen (secondary N) is 1. The van der Waals surface area contributed by atoms with Crippen molar-refractivity contribution in [2.45, 2.75) is 49.5 Å². The number of aromatic nitrogens is 3. The van der Waals surface area contributed by atoms with E-state index in [-0.39, 0.29) is 35.3 Å². The van der Waals surface area contributed by atoms with Gasteiger partial charge in [0.15, 0.2) is 9.84 Å². The molecule has 3 heterocycles. The Hall–Kier alpha value is -4.89. The van der Waals surface area contributed by atoms with Gasteiger partial charge in [-0.2, -0.15) is 13.9 Å². The van der Waals surface area contributed by atoms with Gasteiger partial charge in [-0.1, -0.05) is 19.1 Å². The van der Waals surface area contributed by atoms with Crippen LogP contribution in [-0.4, -0.2) is 79.8 Å². The molecule has 3 atom stereocenters. The molecule has 48 heavy (non-hydrogen) atoms. The van der Waals surface area contributed by atoms with Gasteiger partial charge in [0.05, 0.1) is 61.3 Å². The fourth-order valence-corrected chi connectivity index (χ4v) is 6.29. The minimum Gasteiger partial charge on any atom is -0.472 e. The highest BCUT2D eigenvalue weighted by Gasteiger charge is 2.35. The summed E-state index contributed by atoms with van der Waals surface area (Å²) in [5.74, 6) is -0.728. The van der Waals surface area contributed by atoms with Crippen molar-refractivity contribution in [1.29, 1.82) is 0 Å². The van der Waals surface area contributed by atoms with Crippen LogP contribution in [0.5, 0.6) is 5.88 Å². The zero-order chi connectivity index (χ0) is 34.3. The van der Waals surface area contributed by atoms with E-state index in [1.807, 2.05) is 11.0 Å². The molecule has 1 saturated heterocycles. The number of sulfone groups is 1. The Morgan fingerprint density at radius 2 is 1.77 bits per heavy atom. The van der Waals surface area contributed by atoms with Crippen molar-refractivity contribution in [2.75, 3.05) is 30.9 Å². The summed E-state index contributed by atoms with van der Waals surface area (Å²) >= 11 is 0. The number of alkyl halides is 2. The Balaban J connectivity index is 1.28. The fraction of sp³-hybridized carbons (Fsp3) is 0.333. The van der Waals surface area contributed by atoms with E-state index in [2.05, 4.69) is 20.1 Å². The second-order valence-electron chi connectivity index (χ2n) is 11.0. The number of anilines is 1. The number of methoxy groups -OCH3 is 1. The fourth-order valence-electron chi connectivity index (χ4n) is 5.41. The Labute approximate surface area is 276 Å². The molecule has 1 amide bonds. The van der Waals surface area contributed by atoms with Crippen LogP contribution in [0.4, 0.5) is 14.5 Å². The van der Waals surface area contributed by atoms with Crippen molar-refractivity contribution in [3.8, 4) is 11.6 Å². The maximum atomic E-state index is 13.3. The summed E-state index contributed by atoms with van der Waals surface area (Å²) < 4.78 is 67.6. The molecule has 254 valence electrons. The summed E-state index contributed by atoms with van der Waals surface area (Å²) in [4.78, 5) is 31.8. The number of ether oxygens (including phenoxy) is 3. The smallest absolute Gasteiger partial charge is 0.345 e. The van der Waals surface area contributed by atoms with Gasteiger partial charge < -0.3 is 24.4 Å². The first-order valence-electron chi connectivity index (χ1n) is 15.2. The van der Waals surface area contributed by atoms with Crippen molar-refractivity contribution >= 4 is 27.4 Å². The first-order chi connectivity index (χ1) is 23.1. The number of amides is 1. The van der Waals surface area contributed by atoms with Crippen molar-refractivity contribution in [3.63, 3.8) is 0 Å². The number of halogens is 2. The Morgan fingerprint density at radius 3 is 2.38 bits per heavy atom. The number of carbonyl (C=O) groups is 2. The molecule has 1 fully saturated rings. The highest BCUT2D eigenvalue weighted by atomic mass is 32.2. The third-order valence-corrected chi connectivity index (χ3v) is 9.70. The first kappa shape index (κ1) is 34.4. The molecular weight excluding hydrogens is 648 g/mol. The van der Waals surface area contributed by atoms with E-state index in [4.69, 9.17) is 9.47 Å². The van der Waals surface area contributed by atoms with Crippen LogP contribution < -0.4 is 15.0 Å². The predicted octanol–water partition coefficient (Wildman–Crippen LogP) is 4.36. The summed E-state index contributed by atoms with van der Waals surface area (Å²) in [6.07, 6.45) is 4.91. The lowest BCUT2D eigenvalue weighted by Gasteiger charge is -2.26. The minimum atomic E-state index is -3.43. The van der Waals surface area contributed by atoms with Gasteiger partial charge in [0.2, 0.25) is 5.88 Å². The van der Waals surface area contributed by atoms with Crippen LogP contribution in [0.1, 0.15) is 41.7 Å². The molecule has 0 saturated carbocycles. The lowest BCUT2D eigenvalue weighted by molar-refractivity contribution is -0.141. The van der Waals surface area contributed by atoms with Crippen LogP contribution in [0, 0.1) is 0 Å². The summed E-state index contributed by atoms with van der Waals surface area (Å²) in [5, 5.41) is 7.00. The monoisotopic (exact) mass is 683 g/mol. The lowest BCUT2D eigenvalue weighted by atomic mass is 10.0. The number of hydrogen-bond acceptors (Lipinski definition) is 10. The molecule has 0 radical (unpaired) electrons. The zero-order valence-corrected chi connectivity index (χ0v) is 27.1. The molecule has 1 N–H and O–H groups in total. The average Bonchev–Trinajstić information content (AvgIpc) is 3.78. The van der Waals surface area contributed by atoms with Gasteiger partial charge in [-0.3, -0.25) is 9.59 Å². The van der Waals surface area contributed by atoms with Gasteiger partial charge in [-0.25, -0.2) is 18.1 Å². The topological polar surface area (TPSA) is 142 Å². The third-order valence-electron chi connectivity index (χ3n) is 7.95. The van der Waals surface area contributed by atoms with E-state index in [1.165, 1.54) is 19.2 Å². The number of esters is 1. The highest BCUT2D eigenvalue weighted by molar-refractivity contribution is 7.91. The van der Waals surface area contributed by atoms with E-state index < -0.39 is 40.4 Å². The van der Waals surface area contributed by atoms with Gasteiger partial charge in [0, 0.05) is 36.1 Å². The van der Waals surface area contributed by atoms with Gasteiger partial charge in [0.1, 0.15) is 6.10 Å². The molecule has 15 heteroatoms. The molecule has 0 aliphatic carbocycles. The lowest BCUT2D eigenvalue weighted by Crippen LogP contribution is -2.34. The molecule has 1 aliphatic rings. The molecule has 5 rings (SSSR count). The highest BCUT2D eigenvalue weighted by Crippen LogP contribution is 2.30. The van der Waals surface area contributed by atoms with Gasteiger partial charge in [-0.15, -0.1) is 0 Å². The second kappa shape index (κ2) is 15.3. The number of pyridine rings is 1. The second-order valence-corrected chi connectivity index (χ2v) is 13.3. The van der Waals surface area contributed by atoms with Gasteiger partial charge >= 0.3 is 12.6 Å². The van der Waals surface area contributed by atoms with Crippen LogP contribution in [-0.2, 0) is 24.1 Å². The largest absolute Gasteiger partial charge is 0.472 e. The average molecular weight is 684 g/mol. The molecule has 0 bridgehead atoms. The predicted molar refractivity (Wildman–Crippen MR) is 171 cm³/mol. The summed E-state index contributed by atoms with van der Waals surface area (Å²) in [7, 11) is -2.19. The van der Waals surface area contributed by atoms with Crippen LogP contribution >= 0.6 is 0 Å². The van der Waals surface area contributed by atoms with Crippen molar-refractivity contribution < 1.29 is 41.0 Å². The standard InChI is InChI=1S/C33H35F2N5O7S/c1-3-48(43,44)28-12-7-22(8-13-28)29(18-31(41)45-2)38-32(42)23-5-9-24(10-6-23)39-20-27(17-26(39)21-46-33(34)35)47-30-14-11-25(19-36-30)40-16-4-15-37-40/h4-16,19,26-27,29,33H,3,17-18,20-21H2,1-2H3,(H,38,42)/t26-,27-,29-/m0/s1. The molecule has 0 unspecified atom stereocenters. The number of hydrogen-bond donors (Lipinski definition) is 1. The SMILES string of the molecule is CCS(=O)(=O)c1ccc([C@H](CC(=O)OC)NC(=O)c2ccc(N3C[C@@H](Oc4ccc(-n5cccn5)cn4)C[C@H]3COC(F)F)cc2)cc1. The molecule has 0 spiro atoms. The van der Waals surface area contributed by atoms with Crippen molar-refractivity contribution in [1.82, 2.24) is 20.1 Å². The summed E-state index contributed by atoms with van der Waals surface area (Å²) in [5.41, 5.74) is 2.23. The Morgan fingerprint density at radius 1 is 1.04 bits per heavy atom. The summed E-state index contributed by atoms with van der Waals surface area (Å²) in [6.45, 7) is -1.27. The molecule has 2 aromatic carbocycles. The van der Waals surface area contributed by atoms with Crippen LogP contribution in [0.3, 0.4) is 0 Å². The molecular formula is C33H35F2N5O7S. The van der Waals surface area contributed by atoms with Crippen molar-refractivity contribution in [2.24, 2.45) is 0 Å². The molecule has 4 aromatic rings. The first-order valence-corrected chi connectivity index (χ1v) is 16.8. The Bertz CT molecular complexity index is 1770. The molecule has 2 aromatic heterocycles. The number of benzene rings is 2. The van der Waals surface area contributed by atoms with E-state index >= 15 is 0 Å². The van der Waals surface area contributed by atoms with E-state index in [9.17, 15) is 26.8 Å². The zero-order valence-electron chi connectivity index (χ0n) is 26.2. The molecule has 1 aliphatic heterocycles. The number of nitrogens with zero attached hydrogens (tertiary/aromatic N) is 4. The van der Waals surface area contributed by atoms with Crippen LogP contribution in [0.25, 0.3) is 5.69 Å². The third kappa shape index (κ3) is 8.52. The van der Waals surface area contributed by atoms with Gasteiger partial charge in [-0.05, 0) is 54.1 Å². The van der Waals surface area contributed by atoms with Crippen LogP contribution in [0.15, 0.2) is 90.2 Å². The van der Waals surface area contributed by atoms with E-state index in [1.54, 1.807) is 78.7 Å². The maximum Gasteiger partial charge on any atom is 0.345 e. The normalized spacial score (nSPS) is 16.9. The van der Waals surface area contributed by atoms with Gasteiger partial charge in [0.25, 0.3) is 5.91 Å². The number of rotatable bonds is 14. The minimum absolute atomic E-state index is 0.0613. The quantitative estimate of drug-likeness (QED) is 0.191. The van der Waals surface area contributed by atoms with E-state index in [0.717, 1.165) is 5.69 Å². The maximum absolute atomic E-state index is 13.3. The van der Waals surface area contributed by atoms with Crippen molar-refractivity contribution in [3.05, 3.63) is 96.4 Å². The number of carbonyl (C=O) groups excluding carboxylic acids is 2. The van der Waals surface area contributed by atoms with Crippen LogP contribution in [0.2, 0.25) is 0 Å². The summed E-state index contributed by atoms with van der Waals surface area (Å²) in [6, 6.07) is 16.6. The molecule has 12 nitrogen and oxygen atoms in total. The Kier molecular flexibility index (Phi) is 11.0. The van der Waals surface area contributed by atoms with E-state index in [0.29, 0.717) is 30.1 Å².